The SMILES string of the molecule is CCCCc1ccc(N2C(=O)S/C(=C/c3ccc(OC(CC)C(=O)O)c(OC)c3)C2=O)cc1. The molecular formula is C25H27NO6S. The molecule has 1 heterocycles. The summed E-state index contributed by atoms with van der Waals surface area (Å²) in [5.74, 6) is -0.816. The number of aryl methyl sites for hydroxylation is 1. The van der Waals surface area contributed by atoms with Crippen LogP contribution in [0, 0.1) is 0 Å². The van der Waals surface area contributed by atoms with Crippen LogP contribution in [0.1, 0.15) is 44.2 Å². The molecule has 174 valence electrons. The van der Waals surface area contributed by atoms with Crippen molar-refractivity contribution in [1.82, 2.24) is 0 Å². The molecule has 1 fully saturated rings. The molecule has 2 amide bonds. The number of hydrogen-bond donors (Lipinski definition) is 1. The monoisotopic (exact) mass is 469 g/mol. The molecule has 0 radical (unpaired) electrons. The average molecular weight is 470 g/mol. The first-order chi connectivity index (χ1) is 15.9. The number of ether oxygens (including phenoxy) is 2. The minimum atomic E-state index is -1.06. The van der Waals surface area contributed by atoms with Crippen LogP contribution in [0.15, 0.2) is 47.4 Å². The maximum absolute atomic E-state index is 13.0. The van der Waals surface area contributed by atoms with Gasteiger partial charge in [-0.15, -0.1) is 0 Å². The number of methoxy groups -OCH3 is 1. The van der Waals surface area contributed by atoms with Crippen LogP contribution in [0.5, 0.6) is 11.5 Å². The second-order valence-corrected chi connectivity index (χ2v) is 8.54. The zero-order valence-electron chi connectivity index (χ0n) is 18.9. The van der Waals surface area contributed by atoms with Crippen LogP contribution < -0.4 is 14.4 Å². The molecule has 1 N–H and O–H groups in total. The first-order valence-electron chi connectivity index (χ1n) is 10.8. The van der Waals surface area contributed by atoms with Crippen LogP contribution >= 0.6 is 11.8 Å². The van der Waals surface area contributed by atoms with Gasteiger partial charge in [-0.05, 0) is 72.5 Å². The molecule has 7 nitrogen and oxygen atoms in total. The molecule has 8 heteroatoms. The third-order valence-corrected chi connectivity index (χ3v) is 6.08. The fourth-order valence-electron chi connectivity index (χ4n) is 3.37. The summed E-state index contributed by atoms with van der Waals surface area (Å²) in [6.45, 7) is 3.85. The average Bonchev–Trinajstić information content (AvgIpc) is 3.09. The fourth-order valence-corrected chi connectivity index (χ4v) is 4.21. The molecule has 1 atom stereocenters. The van der Waals surface area contributed by atoms with E-state index in [0.29, 0.717) is 34.1 Å². The lowest BCUT2D eigenvalue weighted by atomic mass is 10.1. The Morgan fingerprint density at radius 1 is 1.12 bits per heavy atom. The topological polar surface area (TPSA) is 93.1 Å². The number of rotatable bonds is 10. The predicted octanol–water partition coefficient (Wildman–Crippen LogP) is 5.52. The number of thioether (sulfide) groups is 1. The van der Waals surface area contributed by atoms with E-state index in [4.69, 9.17) is 9.47 Å². The van der Waals surface area contributed by atoms with Gasteiger partial charge in [-0.25, -0.2) is 9.69 Å². The molecule has 0 aromatic heterocycles. The van der Waals surface area contributed by atoms with Gasteiger partial charge in [-0.1, -0.05) is 38.5 Å². The van der Waals surface area contributed by atoms with E-state index in [1.807, 2.05) is 12.1 Å². The van der Waals surface area contributed by atoms with Gasteiger partial charge in [0.15, 0.2) is 17.6 Å². The van der Waals surface area contributed by atoms with Gasteiger partial charge >= 0.3 is 5.97 Å². The van der Waals surface area contributed by atoms with Gasteiger partial charge in [0.25, 0.3) is 11.1 Å². The van der Waals surface area contributed by atoms with Gasteiger partial charge in [0.2, 0.25) is 0 Å². The van der Waals surface area contributed by atoms with E-state index in [-0.39, 0.29) is 11.1 Å². The van der Waals surface area contributed by atoms with Gasteiger partial charge in [0.05, 0.1) is 17.7 Å². The highest BCUT2D eigenvalue weighted by molar-refractivity contribution is 8.19. The summed E-state index contributed by atoms with van der Waals surface area (Å²) >= 11 is 0.874. The molecule has 0 aliphatic carbocycles. The second kappa shape index (κ2) is 11.0. The zero-order chi connectivity index (χ0) is 24.0. The Kier molecular flexibility index (Phi) is 8.16. The molecule has 2 aromatic rings. The first kappa shape index (κ1) is 24.4. The van der Waals surface area contributed by atoms with E-state index >= 15 is 0 Å². The minimum absolute atomic E-state index is 0.292. The molecule has 1 aliphatic rings. The summed E-state index contributed by atoms with van der Waals surface area (Å²) in [6.07, 6.45) is 4.08. The Labute approximate surface area is 197 Å². The van der Waals surface area contributed by atoms with Crippen LogP contribution in [0.2, 0.25) is 0 Å². The summed E-state index contributed by atoms with van der Waals surface area (Å²) in [7, 11) is 1.45. The van der Waals surface area contributed by atoms with Crippen molar-refractivity contribution in [3.05, 3.63) is 58.5 Å². The van der Waals surface area contributed by atoms with E-state index in [9.17, 15) is 19.5 Å². The van der Waals surface area contributed by atoms with Crippen LogP contribution in [0.3, 0.4) is 0 Å². The molecule has 0 saturated carbocycles. The maximum Gasteiger partial charge on any atom is 0.344 e. The van der Waals surface area contributed by atoms with Crippen molar-refractivity contribution in [2.75, 3.05) is 12.0 Å². The molecule has 33 heavy (non-hydrogen) atoms. The highest BCUT2D eigenvalue weighted by Crippen LogP contribution is 2.37. The van der Waals surface area contributed by atoms with Crippen LogP contribution in [-0.2, 0) is 16.0 Å². The number of carbonyl (C=O) groups excluding carboxylic acids is 2. The Morgan fingerprint density at radius 2 is 1.85 bits per heavy atom. The highest BCUT2D eigenvalue weighted by atomic mass is 32.2. The predicted molar refractivity (Wildman–Crippen MR) is 129 cm³/mol. The van der Waals surface area contributed by atoms with E-state index < -0.39 is 12.1 Å². The number of carbonyl (C=O) groups is 3. The summed E-state index contributed by atoms with van der Waals surface area (Å²) in [6, 6.07) is 12.4. The quantitative estimate of drug-likeness (QED) is 0.458. The summed E-state index contributed by atoms with van der Waals surface area (Å²) in [5, 5.41) is 8.86. The number of hydrogen-bond acceptors (Lipinski definition) is 6. The van der Waals surface area contributed by atoms with Gasteiger partial charge in [-0.2, -0.15) is 0 Å². The second-order valence-electron chi connectivity index (χ2n) is 7.55. The number of unbranched alkanes of at least 4 members (excludes halogenated alkanes) is 1. The highest BCUT2D eigenvalue weighted by Gasteiger charge is 2.36. The van der Waals surface area contributed by atoms with E-state index in [0.717, 1.165) is 31.0 Å². The Hall–Kier alpha value is -3.26. The summed E-state index contributed by atoms with van der Waals surface area (Å²) in [4.78, 5) is 38.2. The van der Waals surface area contributed by atoms with E-state index in [1.54, 1.807) is 43.3 Å². The van der Waals surface area contributed by atoms with Crippen molar-refractivity contribution in [3.63, 3.8) is 0 Å². The lowest BCUT2D eigenvalue weighted by Gasteiger charge is -2.16. The molecular weight excluding hydrogens is 442 g/mol. The summed E-state index contributed by atoms with van der Waals surface area (Å²) < 4.78 is 10.9. The third-order valence-electron chi connectivity index (χ3n) is 5.21. The zero-order valence-corrected chi connectivity index (χ0v) is 19.7. The summed E-state index contributed by atoms with van der Waals surface area (Å²) in [5.41, 5.74) is 2.34. The standard InChI is InChI=1S/C25H27NO6S/c1-4-6-7-16-8-11-18(12-9-16)26-23(27)22(33-25(26)30)15-17-10-13-20(21(14-17)31-3)32-19(5-2)24(28)29/h8-15,19H,4-7H2,1-3H3,(H,28,29)/b22-15+. The lowest BCUT2D eigenvalue weighted by molar-refractivity contribution is -0.145. The van der Waals surface area contributed by atoms with Crippen molar-refractivity contribution in [2.45, 2.75) is 45.6 Å². The first-order valence-corrected chi connectivity index (χ1v) is 11.6. The van der Waals surface area contributed by atoms with Gasteiger partial charge in [0, 0.05) is 0 Å². The fraction of sp³-hybridized carbons (Fsp3) is 0.320. The number of aliphatic carboxylic acids is 1. The van der Waals surface area contributed by atoms with Crippen molar-refractivity contribution in [2.24, 2.45) is 0 Å². The Morgan fingerprint density at radius 3 is 2.45 bits per heavy atom. The molecule has 1 unspecified atom stereocenters. The maximum atomic E-state index is 13.0. The lowest BCUT2D eigenvalue weighted by Crippen LogP contribution is -2.27. The largest absolute Gasteiger partial charge is 0.493 e. The molecule has 0 spiro atoms. The molecule has 3 rings (SSSR count). The molecule has 2 aromatic carbocycles. The minimum Gasteiger partial charge on any atom is -0.493 e. The number of carboxylic acid groups (broad SMARTS) is 1. The smallest absolute Gasteiger partial charge is 0.344 e. The number of imide groups is 1. The third kappa shape index (κ3) is 5.76. The Bertz CT molecular complexity index is 1060. The van der Waals surface area contributed by atoms with Gasteiger partial charge in [-0.3, -0.25) is 9.59 Å². The van der Waals surface area contributed by atoms with E-state index in [2.05, 4.69) is 6.92 Å². The molecule has 1 saturated heterocycles. The Balaban J connectivity index is 1.80. The van der Waals surface area contributed by atoms with Crippen molar-refractivity contribution in [3.8, 4) is 11.5 Å². The van der Waals surface area contributed by atoms with Crippen LogP contribution in [0.4, 0.5) is 10.5 Å². The number of anilines is 1. The van der Waals surface area contributed by atoms with Crippen molar-refractivity contribution >= 4 is 40.6 Å². The van der Waals surface area contributed by atoms with Crippen molar-refractivity contribution in [1.29, 1.82) is 0 Å². The van der Waals surface area contributed by atoms with E-state index in [1.165, 1.54) is 17.6 Å². The molecule has 0 bridgehead atoms. The number of amides is 2. The van der Waals surface area contributed by atoms with Gasteiger partial charge < -0.3 is 14.6 Å². The van der Waals surface area contributed by atoms with Gasteiger partial charge in [0.1, 0.15) is 0 Å². The normalized spacial score (nSPS) is 15.7. The van der Waals surface area contributed by atoms with Crippen molar-refractivity contribution < 1.29 is 29.0 Å². The van der Waals surface area contributed by atoms with Crippen LogP contribution in [0.25, 0.3) is 6.08 Å². The number of carboxylic acids is 1. The number of nitrogens with zero attached hydrogens (tertiary/aromatic N) is 1. The van der Waals surface area contributed by atoms with Crippen LogP contribution in [-0.4, -0.2) is 35.4 Å². The molecule has 1 aliphatic heterocycles. The number of benzene rings is 2.